The average Bonchev–Trinajstić information content (AvgIpc) is 2.71. The van der Waals surface area contributed by atoms with Gasteiger partial charge in [-0.05, 0) is 48.3 Å². The second-order valence-electron chi connectivity index (χ2n) is 4.26. The molecule has 1 aromatic rings. The van der Waals surface area contributed by atoms with Gasteiger partial charge in [-0.15, -0.1) is 0 Å². The number of nitrogens with one attached hydrogen (secondary N) is 1. The third-order valence-corrected chi connectivity index (χ3v) is 3.72. The summed E-state index contributed by atoms with van der Waals surface area (Å²) in [5.41, 5.74) is 1.47. The zero-order valence-corrected chi connectivity index (χ0v) is 10.2. The van der Waals surface area contributed by atoms with Crippen molar-refractivity contribution in [3.63, 3.8) is 0 Å². The minimum Gasteiger partial charge on any atom is -0.313 e. The Morgan fingerprint density at radius 1 is 1.60 bits per heavy atom. The van der Waals surface area contributed by atoms with Crippen molar-refractivity contribution in [3.05, 3.63) is 22.4 Å². The van der Waals surface area contributed by atoms with Crippen LogP contribution in [0.4, 0.5) is 0 Å². The fraction of sp³-hybridized carbons (Fsp3) is 0.667. The van der Waals surface area contributed by atoms with Crippen molar-refractivity contribution in [2.45, 2.75) is 32.4 Å². The quantitative estimate of drug-likeness (QED) is 0.844. The van der Waals surface area contributed by atoms with Gasteiger partial charge >= 0.3 is 0 Å². The molecule has 0 amide bonds. The Morgan fingerprint density at radius 3 is 3.27 bits per heavy atom. The van der Waals surface area contributed by atoms with Crippen LogP contribution in [0.1, 0.15) is 25.3 Å². The zero-order valence-electron chi connectivity index (χ0n) is 9.41. The van der Waals surface area contributed by atoms with Crippen LogP contribution < -0.4 is 5.32 Å². The minimum absolute atomic E-state index is 0.711. The summed E-state index contributed by atoms with van der Waals surface area (Å²) in [6.45, 7) is 6.89. The van der Waals surface area contributed by atoms with E-state index in [2.05, 4.69) is 34.0 Å². The maximum Gasteiger partial charge on any atom is 0.0242 e. The molecule has 2 nitrogen and oxygen atoms in total. The van der Waals surface area contributed by atoms with Crippen molar-refractivity contribution in [2.24, 2.45) is 0 Å². The first-order valence-electron chi connectivity index (χ1n) is 5.85. The van der Waals surface area contributed by atoms with Gasteiger partial charge in [-0.3, -0.25) is 4.90 Å². The fourth-order valence-corrected chi connectivity index (χ4v) is 2.96. The van der Waals surface area contributed by atoms with E-state index in [-0.39, 0.29) is 0 Å². The van der Waals surface area contributed by atoms with Crippen LogP contribution in [0, 0.1) is 0 Å². The lowest BCUT2D eigenvalue weighted by Gasteiger charge is -2.32. The molecular weight excluding hydrogens is 204 g/mol. The van der Waals surface area contributed by atoms with Gasteiger partial charge in [0.2, 0.25) is 0 Å². The Kier molecular flexibility index (Phi) is 4.18. The number of nitrogens with zero attached hydrogens (tertiary/aromatic N) is 1. The molecular formula is C12H20N2S. The molecule has 15 heavy (non-hydrogen) atoms. The van der Waals surface area contributed by atoms with E-state index in [9.17, 15) is 0 Å². The third-order valence-electron chi connectivity index (χ3n) is 2.98. The molecule has 0 radical (unpaired) electrons. The largest absolute Gasteiger partial charge is 0.313 e. The minimum atomic E-state index is 0.711. The summed E-state index contributed by atoms with van der Waals surface area (Å²) in [5.74, 6) is 0. The Labute approximate surface area is 96.3 Å². The number of piperidine rings is 1. The molecule has 84 valence electrons. The molecule has 1 N–H and O–H groups in total. The summed E-state index contributed by atoms with van der Waals surface area (Å²) in [7, 11) is 0. The SMILES string of the molecule is CCNC1CCCN(Cc2ccsc2)C1. The maximum absolute atomic E-state index is 3.55. The number of thiophene rings is 1. The van der Waals surface area contributed by atoms with Crippen LogP contribution in [-0.4, -0.2) is 30.6 Å². The van der Waals surface area contributed by atoms with Gasteiger partial charge in [0.15, 0.2) is 0 Å². The predicted molar refractivity (Wildman–Crippen MR) is 66.3 cm³/mol. The van der Waals surface area contributed by atoms with E-state index in [4.69, 9.17) is 0 Å². The van der Waals surface area contributed by atoms with Gasteiger partial charge in [0.25, 0.3) is 0 Å². The Bertz CT molecular complexity index is 269. The lowest BCUT2D eigenvalue weighted by atomic mass is 10.1. The van der Waals surface area contributed by atoms with Crippen molar-refractivity contribution in [2.75, 3.05) is 19.6 Å². The molecule has 1 saturated heterocycles. The molecule has 0 saturated carbocycles. The van der Waals surface area contributed by atoms with Gasteiger partial charge in [-0.25, -0.2) is 0 Å². The van der Waals surface area contributed by atoms with Crippen molar-refractivity contribution in [1.29, 1.82) is 0 Å². The lowest BCUT2D eigenvalue weighted by Crippen LogP contribution is -2.45. The van der Waals surface area contributed by atoms with Crippen molar-refractivity contribution >= 4 is 11.3 Å². The summed E-state index contributed by atoms with van der Waals surface area (Å²) in [6, 6.07) is 2.95. The van der Waals surface area contributed by atoms with E-state index < -0.39 is 0 Å². The molecule has 0 bridgehead atoms. The van der Waals surface area contributed by atoms with Crippen molar-refractivity contribution < 1.29 is 0 Å². The molecule has 1 aliphatic heterocycles. The highest BCUT2D eigenvalue weighted by Gasteiger charge is 2.18. The summed E-state index contributed by atoms with van der Waals surface area (Å²) >= 11 is 1.80. The van der Waals surface area contributed by atoms with Crippen LogP contribution in [0.25, 0.3) is 0 Å². The maximum atomic E-state index is 3.55. The molecule has 0 aliphatic carbocycles. The third kappa shape index (κ3) is 3.30. The molecule has 2 rings (SSSR count). The molecule has 0 spiro atoms. The first-order chi connectivity index (χ1) is 7.38. The molecule has 1 fully saturated rings. The highest BCUT2D eigenvalue weighted by molar-refractivity contribution is 7.07. The van der Waals surface area contributed by atoms with Crippen molar-refractivity contribution in [1.82, 2.24) is 10.2 Å². The smallest absolute Gasteiger partial charge is 0.0242 e. The second kappa shape index (κ2) is 5.64. The first-order valence-corrected chi connectivity index (χ1v) is 6.79. The number of hydrogen-bond acceptors (Lipinski definition) is 3. The van der Waals surface area contributed by atoms with E-state index in [1.807, 2.05) is 0 Å². The molecule has 3 heteroatoms. The fourth-order valence-electron chi connectivity index (χ4n) is 2.30. The lowest BCUT2D eigenvalue weighted by molar-refractivity contribution is 0.185. The zero-order chi connectivity index (χ0) is 10.5. The van der Waals surface area contributed by atoms with Gasteiger partial charge in [0, 0.05) is 19.1 Å². The Balaban J connectivity index is 1.82. The number of likely N-dealkylation sites (tertiary alicyclic amines) is 1. The second-order valence-corrected chi connectivity index (χ2v) is 5.04. The summed E-state index contributed by atoms with van der Waals surface area (Å²) < 4.78 is 0. The number of rotatable bonds is 4. The van der Waals surface area contributed by atoms with Crippen LogP contribution in [-0.2, 0) is 6.54 Å². The van der Waals surface area contributed by atoms with Crippen LogP contribution >= 0.6 is 11.3 Å². The molecule has 2 heterocycles. The summed E-state index contributed by atoms with van der Waals surface area (Å²) in [6.07, 6.45) is 2.68. The number of hydrogen-bond donors (Lipinski definition) is 1. The topological polar surface area (TPSA) is 15.3 Å². The van der Waals surface area contributed by atoms with Gasteiger partial charge in [0.1, 0.15) is 0 Å². The predicted octanol–water partition coefficient (Wildman–Crippen LogP) is 2.32. The highest BCUT2D eigenvalue weighted by atomic mass is 32.1. The monoisotopic (exact) mass is 224 g/mol. The molecule has 1 aliphatic rings. The van der Waals surface area contributed by atoms with Crippen molar-refractivity contribution in [3.8, 4) is 0 Å². The van der Waals surface area contributed by atoms with E-state index in [1.54, 1.807) is 11.3 Å². The summed E-state index contributed by atoms with van der Waals surface area (Å²) in [5, 5.41) is 7.98. The standard InChI is InChI=1S/C12H20N2S/c1-2-13-12-4-3-6-14(9-12)8-11-5-7-15-10-11/h5,7,10,12-13H,2-4,6,8-9H2,1H3. The summed E-state index contributed by atoms with van der Waals surface area (Å²) in [4.78, 5) is 2.57. The molecule has 0 aromatic carbocycles. The average molecular weight is 224 g/mol. The highest BCUT2D eigenvalue weighted by Crippen LogP contribution is 2.15. The Hall–Kier alpha value is -0.380. The van der Waals surface area contributed by atoms with Gasteiger partial charge in [-0.1, -0.05) is 6.92 Å². The van der Waals surface area contributed by atoms with Gasteiger partial charge in [-0.2, -0.15) is 11.3 Å². The molecule has 1 unspecified atom stereocenters. The van der Waals surface area contributed by atoms with Gasteiger partial charge in [0.05, 0.1) is 0 Å². The van der Waals surface area contributed by atoms with E-state index in [0.29, 0.717) is 6.04 Å². The normalized spacial score (nSPS) is 23.1. The van der Waals surface area contributed by atoms with Gasteiger partial charge < -0.3 is 5.32 Å². The van der Waals surface area contributed by atoms with Crippen LogP contribution in [0.3, 0.4) is 0 Å². The first kappa shape index (κ1) is 11.1. The Morgan fingerprint density at radius 2 is 2.53 bits per heavy atom. The van der Waals surface area contributed by atoms with E-state index >= 15 is 0 Å². The van der Waals surface area contributed by atoms with E-state index in [1.165, 1.54) is 31.5 Å². The van der Waals surface area contributed by atoms with Crippen LogP contribution in [0.15, 0.2) is 16.8 Å². The number of likely N-dealkylation sites (N-methyl/N-ethyl adjacent to an activating group) is 1. The molecule has 1 atom stereocenters. The van der Waals surface area contributed by atoms with Crippen LogP contribution in [0.2, 0.25) is 0 Å². The van der Waals surface area contributed by atoms with E-state index in [0.717, 1.165) is 13.1 Å². The van der Waals surface area contributed by atoms with Crippen LogP contribution in [0.5, 0.6) is 0 Å². The molecule has 1 aromatic heterocycles.